The third kappa shape index (κ3) is 1.63. The molecule has 16 heavy (non-hydrogen) atoms. The molecule has 0 aromatic carbocycles. The van der Waals surface area contributed by atoms with Crippen molar-refractivity contribution in [2.24, 2.45) is 0 Å². The molecule has 0 aliphatic rings. The molecule has 0 bridgehead atoms. The van der Waals surface area contributed by atoms with Crippen molar-refractivity contribution in [1.29, 1.82) is 0 Å². The SMILES string of the molecule is Cc1cc2sc(-c3cc(C)c(C)s3)cc2s1. The van der Waals surface area contributed by atoms with Gasteiger partial charge < -0.3 is 0 Å². The number of rotatable bonds is 1. The Morgan fingerprint density at radius 2 is 1.44 bits per heavy atom. The third-order valence-corrected chi connectivity index (χ3v) is 6.30. The Hall–Kier alpha value is -0.640. The van der Waals surface area contributed by atoms with Gasteiger partial charge in [0.2, 0.25) is 0 Å². The van der Waals surface area contributed by atoms with Crippen LogP contribution in [-0.4, -0.2) is 0 Å². The Kier molecular flexibility index (Phi) is 2.42. The van der Waals surface area contributed by atoms with Crippen LogP contribution in [0.2, 0.25) is 0 Å². The topological polar surface area (TPSA) is 0 Å². The summed E-state index contributed by atoms with van der Waals surface area (Å²) in [5.74, 6) is 0. The lowest BCUT2D eigenvalue weighted by Gasteiger charge is -1.87. The quantitative estimate of drug-likeness (QED) is 0.535. The van der Waals surface area contributed by atoms with Crippen molar-refractivity contribution < 1.29 is 0 Å². The van der Waals surface area contributed by atoms with Crippen molar-refractivity contribution in [2.75, 3.05) is 0 Å². The Morgan fingerprint density at radius 3 is 2.06 bits per heavy atom. The van der Waals surface area contributed by atoms with E-state index in [0.717, 1.165) is 0 Å². The zero-order valence-electron chi connectivity index (χ0n) is 9.46. The summed E-state index contributed by atoms with van der Waals surface area (Å²) in [7, 11) is 0. The van der Waals surface area contributed by atoms with Crippen LogP contribution in [0, 0.1) is 20.8 Å². The largest absolute Gasteiger partial charge is 0.140 e. The zero-order chi connectivity index (χ0) is 11.3. The monoisotopic (exact) mass is 264 g/mol. The first-order valence-electron chi connectivity index (χ1n) is 5.21. The molecule has 0 fully saturated rings. The molecule has 82 valence electrons. The molecular weight excluding hydrogens is 252 g/mol. The molecule has 0 aliphatic carbocycles. The van der Waals surface area contributed by atoms with Crippen molar-refractivity contribution in [3.8, 4) is 9.75 Å². The molecule has 0 aliphatic heterocycles. The summed E-state index contributed by atoms with van der Waals surface area (Å²) < 4.78 is 2.86. The van der Waals surface area contributed by atoms with E-state index in [1.807, 2.05) is 34.0 Å². The van der Waals surface area contributed by atoms with Crippen molar-refractivity contribution in [1.82, 2.24) is 0 Å². The van der Waals surface area contributed by atoms with Crippen LogP contribution in [0.15, 0.2) is 18.2 Å². The normalized spacial score (nSPS) is 11.4. The van der Waals surface area contributed by atoms with E-state index < -0.39 is 0 Å². The van der Waals surface area contributed by atoms with Crippen LogP contribution < -0.4 is 0 Å². The highest BCUT2D eigenvalue weighted by molar-refractivity contribution is 7.31. The van der Waals surface area contributed by atoms with Gasteiger partial charge in [-0.3, -0.25) is 0 Å². The maximum Gasteiger partial charge on any atom is 0.0463 e. The smallest absolute Gasteiger partial charge is 0.0463 e. The molecule has 0 atom stereocenters. The van der Waals surface area contributed by atoms with Crippen molar-refractivity contribution in [3.63, 3.8) is 0 Å². The summed E-state index contributed by atoms with van der Waals surface area (Å²) in [6, 6.07) is 6.94. The molecule has 0 unspecified atom stereocenters. The highest BCUT2D eigenvalue weighted by Crippen LogP contribution is 2.41. The minimum Gasteiger partial charge on any atom is -0.140 e. The molecule has 0 saturated carbocycles. The fourth-order valence-electron chi connectivity index (χ4n) is 1.77. The van der Waals surface area contributed by atoms with Crippen LogP contribution in [0.3, 0.4) is 0 Å². The maximum absolute atomic E-state index is 2.34. The minimum atomic E-state index is 1.41. The van der Waals surface area contributed by atoms with E-state index in [0.29, 0.717) is 0 Å². The van der Waals surface area contributed by atoms with E-state index in [4.69, 9.17) is 0 Å². The second kappa shape index (κ2) is 3.69. The molecule has 0 saturated heterocycles. The summed E-state index contributed by atoms with van der Waals surface area (Å²) in [5, 5.41) is 0. The van der Waals surface area contributed by atoms with Crippen LogP contribution >= 0.6 is 34.0 Å². The Balaban J connectivity index is 2.14. The molecule has 3 rings (SSSR count). The second-order valence-electron chi connectivity index (χ2n) is 4.05. The van der Waals surface area contributed by atoms with Gasteiger partial charge in [-0.15, -0.1) is 34.0 Å². The highest BCUT2D eigenvalue weighted by Gasteiger charge is 2.09. The van der Waals surface area contributed by atoms with Gasteiger partial charge in [0.1, 0.15) is 0 Å². The van der Waals surface area contributed by atoms with Gasteiger partial charge in [0.15, 0.2) is 0 Å². The van der Waals surface area contributed by atoms with E-state index >= 15 is 0 Å². The molecule has 0 amide bonds. The van der Waals surface area contributed by atoms with Gasteiger partial charge in [-0.2, -0.15) is 0 Å². The maximum atomic E-state index is 2.34. The number of fused-ring (bicyclic) bond motifs is 1. The summed E-state index contributed by atoms with van der Waals surface area (Å²) in [5.41, 5.74) is 1.41. The van der Waals surface area contributed by atoms with Crippen molar-refractivity contribution in [3.05, 3.63) is 33.5 Å². The van der Waals surface area contributed by atoms with E-state index in [2.05, 4.69) is 39.0 Å². The van der Waals surface area contributed by atoms with E-state index in [9.17, 15) is 0 Å². The van der Waals surface area contributed by atoms with E-state index in [1.54, 1.807) is 0 Å². The number of hydrogen-bond donors (Lipinski definition) is 0. The second-order valence-corrected chi connectivity index (χ2v) is 7.67. The van der Waals surface area contributed by atoms with E-state index in [-0.39, 0.29) is 0 Å². The number of hydrogen-bond acceptors (Lipinski definition) is 3. The van der Waals surface area contributed by atoms with Gasteiger partial charge in [0.05, 0.1) is 0 Å². The minimum absolute atomic E-state index is 1.41. The first-order chi connectivity index (χ1) is 7.63. The highest BCUT2D eigenvalue weighted by atomic mass is 32.1. The van der Waals surface area contributed by atoms with Gasteiger partial charge >= 0.3 is 0 Å². The summed E-state index contributed by atoms with van der Waals surface area (Å²) in [6.45, 7) is 6.56. The van der Waals surface area contributed by atoms with Gasteiger partial charge in [0.25, 0.3) is 0 Å². The fraction of sp³-hybridized carbons (Fsp3) is 0.231. The third-order valence-electron chi connectivity index (χ3n) is 2.74. The van der Waals surface area contributed by atoms with Gasteiger partial charge in [-0.1, -0.05) is 0 Å². The summed E-state index contributed by atoms with van der Waals surface area (Å²) in [4.78, 5) is 5.68. The van der Waals surface area contributed by atoms with Crippen LogP contribution in [0.25, 0.3) is 19.2 Å². The number of thiophene rings is 3. The molecule has 0 nitrogen and oxygen atoms in total. The Bertz CT molecular complexity index is 601. The lowest BCUT2D eigenvalue weighted by atomic mass is 10.2. The standard InChI is InChI=1S/C13H12S3/c1-7-4-10(15-9(7)3)13-6-12-11(16-13)5-8(2)14-12/h4-6H,1-3H3. The zero-order valence-corrected chi connectivity index (χ0v) is 11.9. The van der Waals surface area contributed by atoms with Crippen LogP contribution in [0.4, 0.5) is 0 Å². The first-order valence-corrected chi connectivity index (χ1v) is 7.66. The Labute approximate surface area is 107 Å². The lowest BCUT2D eigenvalue weighted by Crippen LogP contribution is -1.63. The van der Waals surface area contributed by atoms with Gasteiger partial charge in [-0.25, -0.2) is 0 Å². The summed E-state index contributed by atoms with van der Waals surface area (Å²) >= 11 is 5.71. The molecule has 3 aromatic rings. The van der Waals surface area contributed by atoms with Gasteiger partial charge in [0, 0.05) is 28.9 Å². The predicted octanol–water partition coefficient (Wildman–Crippen LogP) is 5.62. The van der Waals surface area contributed by atoms with Gasteiger partial charge in [-0.05, 0) is 44.5 Å². The molecule has 0 radical (unpaired) electrons. The van der Waals surface area contributed by atoms with Crippen LogP contribution in [-0.2, 0) is 0 Å². The van der Waals surface area contributed by atoms with Crippen LogP contribution in [0.5, 0.6) is 0 Å². The van der Waals surface area contributed by atoms with E-state index in [1.165, 1.54) is 34.5 Å². The Morgan fingerprint density at radius 1 is 0.750 bits per heavy atom. The molecular formula is C13H12S3. The first kappa shape index (κ1) is 10.5. The predicted molar refractivity (Wildman–Crippen MR) is 77.2 cm³/mol. The fourth-order valence-corrected chi connectivity index (χ4v) is 5.19. The average molecular weight is 264 g/mol. The number of aryl methyl sites for hydroxylation is 3. The average Bonchev–Trinajstić information content (AvgIpc) is 2.80. The molecule has 3 heteroatoms. The van der Waals surface area contributed by atoms with Crippen molar-refractivity contribution in [2.45, 2.75) is 20.8 Å². The van der Waals surface area contributed by atoms with Crippen LogP contribution in [0.1, 0.15) is 15.3 Å². The molecule has 0 N–H and O–H groups in total. The molecule has 3 heterocycles. The molecule has 0 spiro atoms. The van der Waals surface area contributed by atoms with Crippen molar-refractivity contribution >= 4 is 43.4 Å². The lowest BCUT2D eigenvalue weighted by molar-refractivity contribution is 1.44. The summed E-state index contributed by atoms with van der Waals surface area (Å²) in [6.07, 6.45) is 0. The molecule has 3 aromatic heterocycles.